The maximum absolute atomic E-state index is 12.2. The summed E-state index contributed by atoms with van der Waals surface area (Å²) in [6.45, 7) is 5.72. The lowest BCUT2D eigenvalue weighted by Gasteiger charge is -2.15. The summed E-state index contributed by atoms with van der Waals surface area (Å²) < 4.78 is 10.2. The fourth-order valence-electron chi connectivity index (χ4n) is 1.64. The highest BCUT2D eigenvalue weighted by atomic mass is 16.5. The SMILES string of the molecule is CCOC(=O)C(C)NC(=O)c1cccc(N)c1OCC. The first-order valence-corrected chi connectivity index (χ1v) is 6.50. The van der Waals surface area contributed by atoms with Gasteiger partial charge in [0.25, 0.3) is 5.91 Å². The van der Waals surface area contributed by atoms with E-state index in [0.29, 0.717) is 23.6 Å². The molecule has 0 heterocycles. The van der Waals surface area contributed by atoms with Gasteiger partial charge in [0.05, 0.1) is 24.5 Å². The number of anilines is 1. The lowest BCUT2D eigenvalue weighted by molar-refractivity contribution is -0.144. The van der Waals surface area contributed by atoms with Crippen molar-refractivity contribution >= 4 is 17.6 Å². The Morgan fingerprint density at radius 3 is 2.60 bits per heavy atom. The Balaban J connectivity index is 2.87. The van der Waals surface area contributed by atoms with E-state index < -0.39 is 17.9 Å². The Morgan fingerprint density at radius 2 is 2.00 bits per heavy atom. The molecule has 6 heteroatoms. The van der Waals surface area contributed by atoms with E-state index in [9.17, 15) is 9.59 Å². The summed E-state index contributed by atoms with van der Waals surface area (Å²) in [7, 11) is 0. The Kier molecular flexibility index (Phi) is 5.83. The van der Waals surface area contributed by atoms with Gasteiger partial charge in [0.2, 0.25) is 0 Å². The van der Waals surface area contributed by atoms with Crippen LogP contribution < -0.4 is 15.8 Å². The molecule has 0 aliphatic carbocycles. The Morgan fingerprint density at radius 1 is 1.30 bits per heavy atom. The second-order valence-electron chi connectivity index (χ2n) is 4.10. The van der Waals surface area contributed by atoms with E-state index >= 15 is 0 Å². The van der Waals surface area contributed by atoms with Gasteiger partial charge in [-0.3, -0.25) is 4.79 Å². The summed E-state index contributed by atoms with van der Waals surface area (Å²) in [4.78, 5) is 23.7. The highest BCUT2D eigenvalue weighted by Gasteiger charge is 2.20. The fraction of sp³-hybridized carbons (Fsp3) is 0.429. The highest BCUT2D eigenvalue weighted by molar-refractivity contribution is 6.00. The lowest BCUT2D eigenvalue weighted by Crippen LogP contribution is -2.39. The minimum atomic E-state index is -0.738. The standard InChI is InChI=1S/C14H20N2O4/c1-4-19-12-10(7-6-8-11(12)15)13(17)16-9(3)14(18)20-5-2/h6-9H,4-5,15H2,1-3H3,(H,16,17). The molecule has 0 spiro atoms. The molecule has 110 valence electrons. The molecule has 0 saturated carbocycles. The summed E-state index contributed by atoms with van der Waals surface area (Å²) in [6, 6.07) is 4.16. The smallest absolute Gasteiger partial charge is 0.328 e. The number of nitrogen functional groups attached to an aromatic ring is 1. The van der Waals surface area contributed by atoms with Gasteiger partial charge in [-0.15, -0.1) is 0 Å². The molecule has 1 atom stereocenters. The van der Waals surface area contributed by atoms with E-state index in [1.165, 1.54) is 0 Å². The van der Waals surface area contributed by atoms with Gasteiger partial charge in [-0.25, -0.2) is 4.79 Å². The van der Waals surface area contributed by atoms with Gasteiger partial charge in [-0.1, -0.05) is 6.07 Å². The maximum Gasteiger partial charge on any atom is 0.328 e. The van der Waals surface area contributed by atoms with Crippen molar-refractivity contribution in [3.63, 3.8) is 0 Å². The molecule has 1 rings (SSSR count). The number of hydrogen-bond acceptors (Lipinski definition) is 5. The lowest BCUT2D eigenvalue weighted by atomic mass is 10.1. The summed E-state index contributed by atoms with van der Waals surface area (Å²) >= 11 is 0. The number of carbonyl (C=O) groups excluding carboxylic acids is 2. The Hall–Kier alpha value is -2.24. The average molecular weight is 280 g/mol. The number of nitrogens with two attached hydrogens (primary N) is 1. The quantitative estimate of drug-likeness (QED) is 0.606. The van der Waals surface area contributed by atoms with E-state index in [4.69, 9.17) is 15.2 Å². The van der Waals surface area contributed by atoms with E-state index in [2.05, 4.69) is 5.32 Å². The summed E-state index contributed by atoms with van der Waals surface area (Å²) in [5, 5.41) is 2.56. The van der Waals surface area contributed by atoms with Gasteiger partial charge in [-0.05, 0) is 32.9 Å². The van der Waals surface area contributed by atoms with E-state index in [-0.39, 0.29) is 6.61 Å². The first-order chi connectivity index (χ1) is 9.51. The number of hydrogen-bond donors (Lipinski definition) is 2. The zero-order valence-corrected chi connectivity index (χ0v) is 11.9. The molecule has 1 aromatic carbocycles. The summed E-state index contributed by atoms with van der Waals surface area (Å²) in [5.41, 5.74) is 6.46. The number of rotatable bonds is 6. The van der Waals surface area contributed by atoms with Crippen LogP contribution in [0, 0.1) is 0 Å². The number of esters is 1. The molecule has 1 unspecified atom stereocenters. The molecular weight excluding hydrogens is 260 g/mol. The van der Waals surface area contributed by atoms with Crippen LogP contribution in [0.2, 0.25) is 0 Å². The molecule has 0 saturated heterocycles. The van der Waals surface area contributed by atoms with Crippen molar-refractivity contribution in [3.05, 3.63) is 23.8 Å². The molecule has 20 heavy (non-hydrogen) atoms. The number of amides is 1. The summed E-state index contributed by atoms with van der Waals surface area (Å²) in [6.07, 6.45) is 0. The van der Waals surface area contributed by atoms with Crippen LogP contribution in [0.5, 0.6) is 5.75 Å². The maximum atomic E-state index is 12.2. The van der Waals surface area contributed by atoms with Crippen molar-refractivity contribution in [3.8, 4) is 5.75 Å². The minimum Gasteiger partial charge on any atom is -0.491 e. The Bertz CT molecular complexity index is 488. The third-order valence-electron chi connectivity index (χ3n) is 2.57. The van der Waals surface area contributed by atoms with Crippen LogP contribution in [-0.2, 0) is 9.53 Å². The average Bonchev–Trinajstić information content (AvgIpc) is 2.41. The van der Waals surface area contributed by atoms with Gasteiger partial charge in [-0.2, -0.15) is 0 Å². The first kappa shape index (κ1) is 15.8. The van der Waals surface area contributed by atoms with Crippen LogP contribution in [0.25, 0.3) is 0 Å². The molecule has 6 nitrogen and oxygen atoms in total. The highest BCUT2D eigenvalue weighted by Crippen LogP contribution is 2.26. The second-order valence-corrected chi connectivity index (χ2v) is 4.10. The van der Waals surface area contributed by atoms with E-state index in [1.807, 2.05) is 0 Å². The summed E-state index contributed by atoms with van der Waals surface area (Å²) in [5.74, 6) is -0.590. The third kappa shape index (κ3) is 3.88. The molecule has 3 N–H and O–H groups in total. The molecule has 0 aromatic heterocycles. The number of carbonyl (C=O) groups is 2. The van der Waals surface area contributed by atoms with Crippen molar-refractivity contribution in [2.24, 2.45) is 0 Å². The van der Waals surface area contributed by atoms with Gasteiger partial charge in [0, 0.05) is 0 Å². The predicted octanol–water partition coefficient (Wildman–Crippen LogP) is 1.35. The number of ether oxygens (including phenoxy) is 2. The van der Waals surface area contributed by atoms with Crippen LogP contribution in [0.1, 0.15) is 31.1 Å². The van der Waals surface area contributed by atoms with Crippen LogP contribution in [-0.4, -0.2) is 31.1 Å². The predicted molar refractivity (Wildman–Crippen MR) is 75.6 cm³/mol. The normalized spacial score (nSPS) is 11.6. The van der Waals surface area contributed by atoms with Crippen LogP contribution in [0.4, 0.5) is 5.69 Å². The van der Waals surface area contributed by atoms with Crippen LogP contribution in [0.15, 0.2) is 18.2 Å². The molecule has 0 aliphatic rings. The van der Waals surface area contributed by atoms with Crippen molar-refractivity contribution in [1.29, 1.82) is 0 Å². The third-order valence-corrected chi connectivity index (χ3v) is 2.57. The molecule has 0 aliphatic heterocycles. The van der Waals surface area contributed by atoms with Crippen molar-refractivity contribution in [1.82, 2.24) is 5.32 Å². The molecule has 0 radical (unpaired) electrons. The topological polar surface area (TPSA) is 90.7 Å². The molecule has 0 bridgehead atoms. The van der Waals surface area contributed by atoms with Crippen molar-refractivity contribution < 1.29 is 19.1 Å². The van der Waals surface area contributed by atoms with E-state index in [1.54, 1.807) is 39.0 Å². The zero-order chi connectivity index (χ0) is 15.1. The van der Waals surface area contributed by atoms with Gasteiger partial charge in [0.1, 0.15) is 6.04 Å². The monoisotopic (exact) mass is 280 g/mol. The van der Waals surface area contributed by atoms with Crippen molar-refractivity contribution in [2.75, 3.05) is 18.9 Å². The van der Waals surface area contributed by atoms with Crippen molar-refractivity contribution in [2.45, 2.75) is 26.8 Å². The van der Waals surface area contributed by atoms with Crippen LogP contribution >= 0.6 is 0 Å². The van der Waals surface area contributed by atoms with E-state index in [0.717, 1.165) is 0 Å². The van der Waals surface area contributed by atoms with Gasteiger partial charge < -0.3 is 20.5 Å². The largest absolute Gasteiger partial charge is 0.491 e. The fourth-order valence-corrected chi connectivity index (χ4v) is 1.64. The first-order valence-electron chi connectivity index (χ1n) is 6.50. The minimum absolute atomic E-state index is 0.265. The molecular formula is C14H20N2O4. The number of para-hydroxylation sites is 1. The zero-order valence-electron chi connectivity index (χ0n) is 11.9. The molecule has 1 amide bonds. The second kappa shape index (κ2) is 7.37. The van der Waals surface area contributed by atoms with Gasteiger partial charge >= 0.3 is 5.97 Å². The molecule has 0 fully saturated rings. The Labute approximate surface area is 118 Å². The van der Waals surface area contributed by atoms with Crippen LogP contribution in [0.3, 0.4) is 0 Å². The number of nitrogens with one attached hydrogen (secondary N) is 1. The van der Waals surface area contributed by atoms with Gasteiger partial charge in [0.15, 0.2) is 5.75 Å². The number of benzene rings is 1. The molecule has 1 aromatic rings.